The minimum Gasteiger partial charge on any atom is -0.504 e. The smallest absolute Gasteiger partial charge is 0.0326 e. The number of hydrogen-bond donors (Lipinski definition) is 0. The number of hydrogen-bond acceptors (Lipinski definition) is 4. The zero-order valence-corrected chi connectivity index (χ0v) is 18.4. The van der Waals surface area contributed by atoms with Crippen LogP contribution in [0.4, 0.5) is 28.4 Å². The molecule has 0 spiro atoms. The van der Waals surface area contributed by atoms with Gasteiger partial charge in [0.25, 0.3) is 0 Å². The van der Waals surface area contributed by atoms with Crippen molar-refractivity contribution in [2.24, 2.45) is 0 Å². The van der Waals surface area contributed by atoms with Gasteiger partial charge in [-0.3, -0.25) is 0 Å². The number of fused-ring (bicyclic) bond motifs is 2. The van der Waals surface area contributed by atoms with Crippen molar-refractivity contribution in [3.8, 4) is 0 Å². The van der Waals surface area contributed by atoms with E-state index in [2.05, 4.69) is 120 Å². The number of anilines is 5. The van der Waals surface area contributed by atoms with Gasteiger partial charge >= 0.3 is 0 Å². The molecule has 144 valence electrons. The fraction of sp³-hybridized carbons (Fsp3) is 0.130. The summed E-state index contributed by atoms with van der Waals surface area (Å²) in [5, 5.41) is 0. The Morgan fingerprint density at radius 2 is 1.32 bits per heavy atom. The van der Waals surface area contributed by atoms with E-state index >= 15 is 0 Å². The molecule has 28 heavy (non-hydrogen) atoms. The largest absolute Gasteiger partial charge is 0.504 e. The van der Waals surface area contributed by atoms with Crippen LogP contribution in [0.25, 0.3) is 0 Å². The molecule has 0 atom stereocenters. The van der Waals surface area contributed by atoms with Crippen molar-refractivity contribution in [1.29, 1.82) is 0 Å². The minimum absolute atomic E-state index is 0. The zero-order valence-electron chi connectivity index (χ0n) is 15.9. The summed E-state index contributed by atoms with van der Waals surface area (Å²) in [5.41, 5.74) is 7.08. The molecular formula is C23H21N4Os-3. The third-order valence-electron chi connectivity index (χ3n) is 5.13. The first-order valence-electron chi connectivity index (χ1n) is 9.11. The molecule has 5 rings (SSSR count). The third kappa shape index (κ3) is 3.14. The summed E-state index contributed by atoms with van der Waals surface area (Å²) < 4.78 is 0. The van der Waals surface area contributed by atoms with E-state index in [1.807, 2.05) is 0 Å². The van der Waals surface area contributed by atoms with Gasteiger partial charge in [-0.2, -0.15) is 37.6 Å². The van der Waals surface area contributed by atoms with E-state index in [9.17, 15) is 0 Å². The standard InChI is InChI=1S/C23H21N4.Os/c1-24-16-26(22-12-5-3-10-20(22)24)15-18-8-7-9-19(14-18)27-17-25(2)21-11-4-6-13-23(21)27;/h3-13,16-17H,15H2,1-2H3;/q-3;. The Morgan fingerprint density at radius 3 is 2.07 bits per heavy atom. The van der Waals surface area contributed by atoms with E-state index in [0.29, 0.717) is 0 Å². The molecule has 3 aromatic rings. The Labute approximate surface area is 180 Å². The number of nitrogens with zero attached hydrogens (tertiary/aromatic N) is 4. The van der Waals surface area contributed by atoms with Gasteiger partial charge in [0.15, 0.2) is 0 Å². The van der Waals surface area contributed by atoms with Crippen LogP contribution in [0.15, 0.2) is 66.7 Å². The average molecular weight is 544 g/mol. The van der Waals surface area contributed by atoms with E-state index in [-0.39, 0.29) is 19.8 Å². The van der Waals surface area contributed by atoms with Gasteiger partial charge in [-0.15, -0.1) is 11.3 Å². The molecule has 0 N–H and O–H groups in total. The van der Waals surface area contributed by atoms with Gasteiger partial charge in [-0.1, -0.05) is 24.3 Å². The van der Waals surface area contributed by atoms with Gasteiger partial charge in [-0.05, 0) is 44.9 Å². The van der Waals surface area contributed by atoms with Gasteiger partial charge in [0, 0.05) is 42.5 Å². The summed E-state index contributed by atoms with van der Waals surface area (Å²) in [7, 11) is 4.17. The molecule has 0 fully saturated rings. The van der Waals surface area contributed by atoms with E-state index in [1.165, 1.54) is 22.7 Å². The molecule has 0 bridgehead atoms. The minimum atomic E-state index is 0. The Morgan fingerprint density at radius 1 is 0.714 bits per heavy atom. The van der Waals surface area contributed by atoms with Crippen LogP contribution in [0.3, 0.4) is 0 Å². The molecule has 2 heterocycles. The van der Waals surface area contributed by atoms with Crippen molar-refractivity contribution in [3.05, 3.63) is 91.7 Å². The molecule has 0 saturated carbocycles. The van der Waals surface area contributed by atoms with Crippen molar-refractivity contribution < 1.29 is 19.8 Å². The molecule has 0 unspecified atom stereocenters. The number of para-hydroxylation sites is 4. The fourth-order valence-corrected chi connectivity index (χ4v) is 3.84. The zero-order chi connectivity index (χ0) is 18.4. The Balaban J connectivity index is 0.00000192. The molecule has 0 saturated heterocycles. The predicted octanol–water partition coefficient (Wildman–Crippen LogP) is 4.77. The van der Waals surface area contributed by atoms with Crippen molar-refractivity contribution >= 4 is 28.4 Å². The quantitative estimate of drug-likeness (QED) is 0.442. The van der Waals surface area contributed by atoms with E-state index in [4.69, 9.17) is 0 Å². The second kappa shape index (κ2) is 7.49. The molecule has 5 heteroatoms. The normalized spacial score (nSPS) is 14.8. The van der Waals surface area contributed by atoms with Crippen LogP contribution in [0.5, 0.6) is 0 Å². The molecule has 2 aliphatic heterocycles. The van der Waals surface area contributed by atoms with Crippen molar-refractivity contribution in [2.45, 2.75) is 6.54 Å². The van der Waals surface area contributed by atoms with Gasteiger partial charge in [0.2, 0.25) is 0 Å². The maximum Gasteiger partial charge on any atom is 0.0326 e. The average Bonchev–Trinajstić information content (AvgIpc) is 3.20. The predicted molar refractivity (Wildman–Crippen MR) is 112 cm³/mol. The summed E-state index contributed by atoms with van der Waals surface area (Å²) in [6.07, 6.45) is 0. The van der Waals surface area contributed by atoms with Crippen molar-refractivity contribution in [1.82, 2.24) is 0 Å². The molecule has 0 radical (unpaired) electrons. The van der Waals surface area contributed by atoms with Gasteiger partial charge in [0.05, 0.1) is 0 Å². The second-order valence-electron chi connectivity index (χ2n) is 6.99. The summed E-state index contributed by atoms with van der Waals surface area (Å²) in [5.74, 6) is 0. The van der Waals surface area contributed by atoms with Crippen LogP contribution < -0.4 is 19.6 Å². The van der Waals surface area contributed by atoms with Crippen molar-refractivity contribution in [3.63, 3.8) is 0 Å². The van der Waals surface area contributed by atoms with E-state index < -0.39 is 0 Å². The first-order valence-corrected chi connectivity index (χ1v) is 9.11. The number of benzene rings is 3. The topological polar surface area (TPSA) is 13.0 Å². The van der Waals surface area contributed by atoms with Gasteiger partial charge in [-0.25, -0.2) is 0 Å². The van der Waals surface area contributed by atoms with Crippen LogP contribution >= 0.6 is 0 Å². The maximum absolute atomic E-state index is 3.61. The second-order valence-corrected chi connectivity index (χ2v) is 6.99. The summed E-state index contributed by atoms with van der Waals surface area (Å²) in [6.45, 7) is 5.06. The van der Waals surface area contributed by atoms with Gasteiger partial charge in [0.1, 0.15) is 0 Å². The van der Waals surface area contributed by atoms with Crippen LogP contribution in [-0.2, 0) is 26.3 Å². The van der Waals surface area contributed by atoms with Gasteiger partial charge < -0.3 is 19.6 Å². The number of rotatable bonds is 3. The molecule has 3 aromatic carbocycles. The summed E-state index contributed by atoms with van der Waals surface area (Å²) in [4.78, 5) is 8.79. The third-order valence-corrected chi connectivity index (χ3v) is 5.13. The summed E-state index contributed by atoms with van der Waals surface area (Å²) >= 11 is 0. The molecule has 2 aliphatic rings. The molecule has 0 aliphatic carbocycles. The van der Waals surface area contributed by atoms with Crippen molar-refractivity contribution in [2.75, 3.05) is 33.7 Å². The summed E-state index contributed by atoms with van der Waals surface area (Å²) in [6, 6.07) is 26.9. The van der Waals surface area contributed by atoms with Crippen LogP contribution in [0.1, 0.15) is 5.56 Å². The monoisotopic (exact) mass is 545 g/mol. The maximum atomic E-state index is 3.61. The molecule has 0 aromatic heterocycles. The molecule has 0 amide bonds. The Bertz CT molecular complexity index is 990. The van der Waals surface area contributed by atoms with E-state index in [0.717, 1.165) is 17.8 Å². The Kier molecular flexibility index (Phi) is 5.04. The van der Waals surface area contributed by atoms with E-state index in [1.54, 1.807) is 0 Å². The molecular weight excluding hydrogens is 523 g/mol. The first-order chi connectivity index (χ1) is 13.2. The SMILES string of the molecule is CN1[CH-]N(Cc2[c-]c(N3[CH-]N(C)c4ccccc43)ccc2)c2ccccc21.[Os]. The Hall–Kier alpha value is -2.50. The van der Waals surface area contributed by atoms with Crippen LogP contribution in [-0.4, -0.2) is 14.1 Å². The molecule has 4 nitrogen and oxygen atoms in total. The first kappa shape index (κ1) is 18.8. The van der Waals surface area contributed by atoms with Crippen LogP contribution in [0.2, 0.25) is 0 Å². The van der Waals surface area contributed by atoms with Crippen LogP contribution in [0, 0.1) is 19.4 Å². The fourth-order valence-electron chi connectivity index (χ4n) is 3.84.